The number of ether oxygens (including phenoxy) is 1. The Bertz CT molecular complexity index is 1290. The van der Waals surface area contributed by atoms with Crippen LogP contribution in [0.15, 0.2) is 30.3 Å². The van der Waals surface area contributed by atoms with Gasteiger partial charge in [-0.3, -0.25) is 5.10 Å². The molecule has 178 valence electrons. The molecule has 0 atom stereocenters. The van der Waals surface area contributed by atoms with Gasteiger partial charge < -0.3 is 24.8 Å². The van der Waals surface area contributed by atoms with Crippen LogP contribution in [0.2, 0.25) is 0 Å². The van der Waals surface area contributed by atoms with Crippen molar-refractivity contribution in [1.82, 2.24) is 30.0 Å². The van der Waals surface area contributed by atoms with E-state index in [9.17, 15) is 0 Å². The molecule has 4 heterocycles. The van der Waals surface area contributed by atoms with Crippen molar-refractivity contribution in [2.45, 2.75) is 26.7 Å². The lowest BCUT2D eigenvalue weighted by Gasteiger charge is -2.32. The molecule has 9 nitrogen and oxygen atoms in total. The lowest BCUT2D eigenvalue weighted by atomic mass is 10.2. The number of rotatable bonds is 7. The van der Waals surface area contributed by atoms with Crippen LogP contribution in [-0.4, -0.2) is 63.3 Å². The maximum Gasteiger partial charge on any atom is 0.230 e. The number of nitrogens with one attached hydrogen (secondary N) is 3. The van der Waals surface area contributed by atoms with Crippen LogP contribution in [-0.2, 0) is 6.42 Å². The number of hydrogen-bond acceptors (Lipinski definition) is 7. The molecule has 0 saturated carbocycles. The van der Waals surface area contributed by atoms with E-state index in [2.05, 4.69) is 49.3 Å². The number of halogens is 1. The highest BCUT2D eigenvalue weighted by Gasteiger charge is 2.20. The molecule has 5 rings (SSSR count). The van der Waals surface area contributed by atoms with Gasteiger partial charge in [0.25, 0.3) is 0 Å². The van der Waals surface area contributed by atoms with Crippen LogP contribution in [0.1, 0.15) is 24.7 Å². The highest BCUT2D eigenvalue weighted by molar-refractivity contribution is 5.82. The number of H-pyrrole nitrogens is 2. The van der Waals surface area contributed by atoms with Crippen molar-refractivity contribution >= 4 is 28.5 Å². The maximum absolute atomic E-state index is 15.2. The summed E-state index contributed by atoms with van der Waals surface area (Å²) in [5.74, 6) is 1.69. The third-order valence-corrected chi connectivity index (χ3v) is 5.93. The number of fused-ring (bicyclic) bond motifs is 1. The lowest BCUT2D eigenvalue weighted by molar-refractivity contribution is 0.310. The Labute approximate surface area is 197 Å². The molecule has 0 bridgehead atoms. The van der Waals surface area contributed by atoms with Crippen molar-refractivity contribution in [3.05, 3.63) is 47.5 Å². The highest BCUT2D eigenvalue weighted by Crippen LogP contribution is 2.32. The standard InChI is InChI=1S/C24H29FN8O/c1-4-5-16-13-21(31-30-16)27-20-14-22(29-24(28-20)33-10-8-32(3)9-11-33)34-19-7-6-18-17(23(19)25)12-15(2)26-18/h6-7,12-14,26H,4-5,8-11H2,1-3H3,(H2,27,28,29,30,31). The van der Waals surface area contributed by atoms with Crippen molar-refractivity contribution in [2.75, 3.05) is 43.4 Å². The Morgan fingerprint density at radius 1 is 1.09 bits per heavy atom. The molecule has 0 radical (unpaired) electrons. The first-order valence-corrected chi connectivity index (χ1v) is 11.6. The van der Waals surface area contributed by atoms with Gasteiger partial charge in [0.2, 0.25) is 11.8 Å². The van der Waals surface area contributed by atoms with Crippen LogP contribution < -0.4 is 15.0 Å². The summed E-state index contributed by atoms with van der Waals surface area (Å²) in [5, 5.41) is 11.1. The second kappa shape index (κ2) is 9.30. The third-order valence-electron chi connectivity index (χ3n) is 5.93. The zero-order chi connectivity index (χ0) is 23.7. The second-order valence-electron chi connectivity index (χ2n) is 8.73. The van der Waals surface area contributed by atoms with E-state index in [1.54, 1.807) is 18.2 Å². The SMILES string of the molecule is CCCc1cc(Nc2cc(Oc3ccc4[nH]c(C)cc4c3F)nc(N3CCN(C)CC3)n2)n[nH]1. The van der Waals surface area contributed by atoms with E-state index >= 15 is 4.39 Å². The summed E-state index contributed by atoms with van der Waals surface area (Å²) in [6.07, 6.45) is 1.94. The van der Waals surface area contributed by atoms with E-state index in [4.69, 9.17) is 9.72 Å². The molecule has 1 fully saturated rings. The van der Waals surface area contributed by atoms with Crippen molar-refractivity contribution in [3.63, 3.8) is 0 Å². The normalized spacial score (nSPS) is 14.6. The average Bonchev–Trinajstić information content (AvgIpc) is 3.42. The van der Waals surface area contributed by atoms with Gasteiger partial charge in [0, 0.05) is 60.6 Å². The van der Waals surface area contributed by atoms with Gasteiger partial charge in [0.05, 0.1) is 0 Å². The quantitative estimate of drug-likeness (QED) is 0.374. The molecule has 4 aromatic rings. The molecular weight excluding hydrogens is 435 g/mol. The van der Waals surface area contributed by atoms with Gasteiger partial charge in [-0.2, -0.15) is 15.1 Å². The number of anilines is 3. The zero-order valence-corrected chi connectivity index (χ0v) is 19.7. The van der Waals surface area contributed by atoms with Gasteiger partial charge in [-0.15, -0.1) is 0 Å². The summed E-state index contributed by atoms with van der Waals surface area (Å²) >= 11 is 0. The van der Waals surface area contributed by atoms with Crippen molar-refractivity contribution in [3.8, 4) is 11.6 Å². The van der Waals surface area contributed by atoms with Gasteiger partial charge in [-0.25, -0.2) is 4.39 Å². The molecule has 0 unspecified atom stereocenters. The molecule has 0 amide bonds. The summed E-state index contributed by atoms with van der Waals surface area (Å²) in [6, 6.07) is 8.82. The van der Waals surface area contributed by atoms with Gasteiger partial charge in [0.15, 0.2) is 17.4 Å². The van der Waals surface area contributed by atoms with Gasteiger partial charge in [0.1, 0.15) is 5.82 Å². The number of likely N-dealkylation sites (N-methyl/N-ethyl adjacent to an activating group) is 1. The minimum absolute atomic E-state index is 0.116. The number of piperazine rings is 1. The summed E-state index contributed by atoms with van der Waals surface area (Å²) in [6.45, 7) is 7.43. The van der Waals surface area contributed by atoms with E-state index in [1.165, 1.54) is 0 Å². The highest BCUT2D eigenvalue weighted by atomic mass is 19.1. The van der Waals surface area contributed by atoms with Crippen LogP contribution in [0.25, 0.3) is 10.9 Å². The lowest BCUT2D eigenvalue weighted by Crippen LogP contribution is -2.45. The molecule has 34 heavy (non-hydrogen) atoms. The Kier molecular flexibility index (Phi) is 6.06. The van der Waals surface area contributed by atoms with Crippen LogP contribution in [0.4, 0.5) is 22.0 Å². The number of aromatic amines is 2. The Morgan fingerprint density at radius 3 is 2.71 bits per heavy atom. The third kappa shape index (κ3) is 4.67. The van der Waals surface area contributed by atoms with Crippen molar-refractivity contribution in [1.29, 1.82) is 0 Å². The summed E-state index contributed by atoms with van der Waals surface area (Å²) in [5.41, 5.74) is 2.66. The van der Waals surface area contributed by atoms with E-state index in [-0.39, 0.29) is 11.6 Å². The number of aryl methyl sites for hydroxylation is 2. The van der Waals surface area contributed by atoms with Crippen molar-refractivity contribution < 1.29 is 9.13 Å². The maximum atomic E-state index is 15.2. The fourth-order valence-electron chi connectivity index (χ4n) is 4.11. The molecular formula is C24H29FN8O. The summed E-state index contributed by atoms with van der Waals surface area (Å²) in [7, 11) is 2.10. The fourth-order valence-corrected chi connectivity index (χ4v) is 4.11. The summed E-state index contributed by atoms with van der Waals surface area (Å²) < 4.78 is 21.1. The second-order valence-corrected chi connectivity index (χ2v) is 8.73. The number of hydrogen-bond donors (Lipinski definition) is 3. The van der Waals surface area contributed by atoms with E-state index < -0.39 is 5.82 Å². The molecule has 0 spiro atoms. The molecule has 1 aromatic carbocycles. The minimum Gasteiger partial charge on any atom is -0.436 e. The van der Waals surface area contributed by atoms with Crippen LogP contribution in [0.3, 0.4) is 0 Å². The molecule has 3 aromatic heterocycles. The van der Waals surface area contributed by atoms with Gasteiger partial charge in [-0.05, 0) is 38.6 Å². The monoisotopic (exact) mass is 464 g/mol. The number of aromatic nitrogens is 5. The first-order chi connectivity index (χ1) is 16.5. The van der Waals surface area contributed by atoms with Crippen LogP contribution in [0, 0.1) is 12.7 Å². The average molecular weight is 465 g/mol. The Balaban J connectivity index is 1.47. The molecule has 3 N–H and O–H groups in total. The van der Waals surface area contributed by atoms with E-state index in [0.29, 0.717) is 23.0 Å². The number of benzene rings is 1. The van der Waals surface area contributed by atoms with E-state index in [1.807, 2.05) is 19.1 Å². The Morgan fingerprint density at radius 2 is 1.91 bits per heavy atom. The number of nitrogens with zero attached hydrogens (tertiary/aromatic N) is 5. The van der Waals surface area contributed by atoms with Gasteiger partial charge in [-0.1, -0.05) is 13.3 Å². The topological polar surface area (TPSA) is 98.0 Å². The first kappa shape index (κ1) is 22.1. The fraction of sp³-hybridized carbons (Fsp3) is 0.375. The molecule has 1 aliphatic heterocycles. The molecule has 0 aliphatic carbocycles. The molecule has 1 aliphatic rings. The first-order valence-electron chi connectivity index (χ1n) is 11.6. The van der Waals surface area contributed by atoms with Crippen LogP contribution >= 0.6 is 0 Å². The smallest absolute Gasteiger partial charge is 0.230 e. The molecule has 10 heteroatoms. The predicted octanol–water partition coefficient (Wildman–Crippen LogP) is 4.37. The summed E-state index contributed by atoms with van der Waals surface area (Å²) in [4.78, 5) is 16.8. The van der Waals surface area contributed by atoms with E-state index in [0.717, 1.165) is 55.9 Å². The molecule has 1 saturated heterocycles. The predicted molar refractivity (Wildman–Crippen MR) is 131 cm³/mol. The van der Waals surface area contributed by atoms with Gasteiger partial charge >= 0.3 is 0 Å². The largest absolute Gasteiger partial charge is 0.436 e. The van der Waals surface area contributed by atoms with Crippen molar-refractivity contribution in [2.24, 2.45) is 0 Å². The van der Waals surface area contributed by atoms with Crippen LogP contribution in [0.5, 0.6) is 11.6 Å². The minimum atomic E-state index is -0.423. The zero-order valence-electron chi connectivity index (χ0n) is 19.7. The Hall–Kier alpha value is -3.66.